The van der Waals surface area contributed by atoms with Gasteiger partial charge in [0.1, 0.15) is 0 Å². The van der Waals surface area contributed by atoms with Crippen LogP contribution in [0.1, 0.15) is 12.5 Å². The maximum absolute atomic E-state index is 5.94. The molecule has 0 saturated carbocycles. The predicted octanol–water partition coefficient (Wildman–Crippen LogP) is 2.70. The minimum atomic E-state index is 0.191. The molecule has 0 aromatic heterocycles. The van der Waals surface area contributed by atoms with Crippen molar-refractivity contribution in [1.82, 2.24) is 0 Å². The first kappa shape index (κ1) is 13.9. The molecule has 0 atom stereocenters. The first-order valence-corrected chi connectivity index (χ1v) is 5.68. The second-order valence-corrected chi connectivity index (χ2v) is 4.07. The van der Waals surface area contributed by atoms with Crippen LogP contribution in [0.3, 0.4) is 0 Å². The topological polar surface area (TPSA) is 47.6 Å². The van der Waals surface area contributed by atoms with Crippen LogP contribution in [0.15, 0.2) is 23.4 Å². The number of nitrogens with two attached hydrogens (primary N) is 1. The summed E-state index contributed by atoms with van der Waals surface area (Å²) in [6.45, 7) is 2.34. The molecule has 0 bridgehead atoms. The third kappa shape index (κ3) is 5.10. The Morgan fingerprint density at radius 3 is 2.88 bits per heavy atom. The molecule has 0 amide bonds. The van der Waals surface area contributed by atoms with Gasteiger partial charge < -0.3 is 10.6 Å². The Morgan fingerprint density at radius 1 is 1.47 bits per heavy atom. The molecule has 0 unspecified atom stereocenters. The quantitative estimate of drug-likeness (QED) is 0.397. The zero-order valence-electron chi connectivity index (χ0n) is 9.34. The Kier molecular flexibility index (Phi) is 5.85. The van der Waals surface area contributed by atoms with E-state index in [-0.39, 0.29) is 6.61 Å². The minimum Gasteiger partial charge on any atom is -0.383 e. The van der Waals surface area contributed by atoms with Gasteiger partial charge in [-0.2, -0.15) is 0 Å². The standard InChI is InChI=1S/C12H12Cl2N2O/c1-9(8-15)16-17-6-2-3-10-4-5-11(13)7-12(10)14/h4-5,7H,6,8,15H2,1H3. The summed E-state index contributed by atoms with van der Waals surface area (Å²) in [4.78, 5) is 4.94. The summed E-state index contributed by atoms with van der Waals surface area (Å²) in [5.74, 6) is 5.66. The summed E-state index contributed by atoms with van der Waals surface area (Å²) in [7, 11) is 0. The highest BCUT2D eigenvalue weighted by Gasteiger charge is 1.96. The van der Waals surface area contributed by atoms with E-state index in [9.17, 15) is 0 Å². The summed E-state index contributed by atoms with van der Waals surface area (Å²) in [6, 6.07) is 5.13. The average Bonchev–Trinajstić information content (AvgIpc) is 2.30. The number of halogens is 2. The van der Waals surface area contributed by atoms with Crippen LogP contribution in [0.5, 0.6) is 0 Å². The molecule has 90 valence electrons. The average molecular weight is 271 g/mol. The largest absolute Gasteiger partial charge is 0.383 e. The molecule has 1 aromatic carbocycles. The molecule has 0 aliphatic rings. The molecule has 0 spiro atoms. The van der Waals surface area contributed by atoms with Crippen LogP contribution < -0.4 is 5.73 Å². The molecular formula is C12H12Cl2N2O. The van der Waals surface area contributed by atoms with E-state index in [1.54, 1.807) is 25.1 Å². The number of rotatable bonds is 3. The molecule has 0 aliphatic carbocycles. The van der Waals surface area contributed by atoms with Gasteiger partial charge >= 0.3 is 0 Å². The Labute approximate surface area is 111 Å². The van der Waals surface area contributed by atoms with E-state index < -0.39 is 0 Å². The molecule has 17 heavy (non-hydrogen) atoms. The van der Waals surface area contributed by atoms with Gasteiger partial charge in [0, 0.05) is 17.1 Å². The van der Waals surface area contributed by atoms with Gasteiger partial charge in [0.05, 0.1) is 10.7 Å². The lowest BCUT2D eigenvalue weighted by atomic mass is 10.2. The van der Waals surface area contributed by atoms with E-state index in [1.807, 2.05) is 0 Å². The summed E-state index contributed by atoms with van der Waals surface area (Å²) in [6.07, 6.45) is 0. The van der Waals surface area contributed by atoms with Crippen LogP contribution >= 0.6 is 23.2 Å². The fourth-order valence-corrected chi connectivity index (χ4v) is 1.39. The van der Waals surface area contributed by atoms with E-state index in [0.29, 0.717) is 22.2 Å². The molecule has 0 radical (unpaired) electrons. The van der Waals surface area contributed by atoms with Crippen molar-refractivity contribution >= 4 is 28.9 Å². The van der Waals surface area contributed by atoms with Crippen LogP contribution in [0.25, 0.3) is 0 Å². The van der Waals surface area contributed by atoms with E-state index in [1.165, 1.54) is 0 Å². The molecule has 1 rings (SSSR count). The van der Waals surface area contributed by atoms with Crippen molar-refractivity contribution < 1.29 is 4.84 Å². The zero-order chi connectivity index (χ0) is 12.7. The summed E-state index contributed by atoms with van der Waals surface area (Å²) < 4.78 is 0. The normalized spacial score (nSPS) is 10.7. The minimum absolute atomic E-state index is 0.191. The van der Waals surface area contributed by atoms with Gasteiger partial charge in [0.2, 0.25) is 0 Å². The Morgan fingerprint density at radius 2 is 2.24 bits per heavy atom. The second kappa shape index (κ2) is 7.18. The van der Waals surface area contributed by atoms with Gasteiger partial charge in [-0.05, 0) is 25.1 Å². The molecule has 0 fully saturated rings. The zero-order valence-corrected chi connectivity index (χ0v) is 10.8. The molecule has 0 saturated heterocycles. The number of nitrogens with zero attached hydrogens (tertiary/aromatic N) is 1. The van der Waals surface area contributed by atoms with Crippen molar-refractivity contribution in [3.8, 4) is 11.8 Å². The second-order valence-electron chi connectivity index (χ2n) is 3.23. The third-order valence-electron chi connectivity index (χ3n) is 1.81. The van der Waals surface area contributed by atoms with Crippen LogP contribution in [0.4, 0.5) is 0 Å². The first-order valence-electron chi connectivity index (χ1n) is 4.93. The molecular weight excluding hydrogens is 259 g/mol. The highest BCUT2D eigenvalue weighted by Crippen LogP contribution is 2.19. The molecule has 5 heteroatoms. The summed E-state index contributed by atoms with van der Waals surface area (Å²) >= 11 is 11.7. The smallest absolute Gasteiger partial charge is 0.177 e. The predicted molar refractivity (Wildman–Crippen MR) is 71.5 cm³/mol. The van der Waals surface area contributed by atoms with Gasteiger partial charge in [-0.25, -0.2) is 0 Å². The molecule has 3 nitrogen and oxygen atoms in total. The molecule has 2 N–H and O–H groups in total. The Hall–Kier alpha value is -1.21. The maximum Gasteiger partial charge on any atom is 0.177 e. The molecule has 0 heterocycles. The maximum atomic E-state index is 5.94. The fourth-order valence-electron chi connectivity index (χ4n) is 0.934. The van der Waals surface area contributed by atoms with Crippen LogP contribution in [-0.4, -0.2) is 18.9 Å². The van der Waals surface area contributed by atoms with E-state index >= 15 is 0 Å². The van der Waals surface area contributed by atoms with E-state index in [2.05, 4.69) is 17.0 Å². The number of hydrogen-bond acceptors (Lipinski definition) is 3. The highest BCUT2D eigenvalue weighted by atomic mass is 35.5. The lowest BCUT2D eigenvalue weighted by Crippen LogP contribution is -2.09. The van der Waals surface area contributed by atoms with Crippen LogP contribution in [-0.2, 0) is 4.84 Å². The third-order valence-corrected chi connectivity index (χ3v) is 2.35. The number of benzene rings is 1. The van der Waals surface area contributed by atoms with E-state index in [4.69, 9.17) is 33.8 Å². The highest BCUT2D eigenvalue weighted by molar-refractivity contribution is 6.35. The van der Waals surface area contributed by atoms with Crippen molar-refractivity contribution in [2.45, 2.75) is 6.92 Å². The van der Waals surface area contributed by atoms with Gasteiger partial charge in [0.25, 0.3) is 0 Å². The van der Waals surface area contributed by atoms with E-state index in [0.717, 1.165) is 5.71 Å². The summed E-state index contributed by atoms with van der Waals surface area (Å²) in [5.41, 5.74) is 6.76. The first-order chi connectivity index (χ1) is 8.13. The lowest BCUT2D eigenvalue weighted by Gasteiger charge is -1.96. The van der Waals surface area contributed by atoms with Gasteiger partial charge in [-0.1, -0.05) is 40.2 Å². The van der Waals surface area contributed by atoms with Crippen molar-refractivity contribution in [1.29, 1.82) is 0 Å². The molecule has 1 aromatic rings. The van der Waals surface area contributed by atoms with Crippen molar-refractivity contribution in [3.63, 3.8) is 0 Å². The Balaban J connectivity index is 2.55. The summed E-state index contributed by atoms with van der Waals surface area (Å²) in [5, 5.41) is 4.85. The van der Waals surface area contributed by atoms with Crippen molar-refractivity contribution in [2.75, 3.05) is 13.2 Å². The number of hydrogen-bond donors (Lipinski definition) is 1. The van der Waals surface area contributed by atoms with Gasteiger partial charge in [-0.3, -0.25) is 0 Å². The monoisotopic (exact) mass is 270 g/mol. The van der Waals surface area contributed by atoms with Crippen molar-refractivity contribution in [3.05, 3.63) is 33.8 Å². The SMILES string of the molecule is CC(CN)=NOCC#Cc1ccc(Cl)cc1Cl. The Bertz CT molecular complexity index is 475. The fraction of sp³-hybridized carbons (Fsp3) is 0.250. The van der Waals surface area contributed by atoms with Gasteiger partial charge in [-0.15, -0.1) is 0 Å². The lowest BCUT2D eigenvalue weighted by molar-refractivity contribution is 0.179. The van der Waals surface area contributed by atoms with Crippen LogP contribution in [0.2, 0.25) is 10.0 Å². The van der Waals surface area contributed by atoms with Gasteiger partial charge in [0.15, 0.2) is 6.61 Å². The van der Waals surface area contributed by atoms with Crippen LogP contribution in [0, 0.1) is 11.8 Å². The van der Waals surface area contributed by atoms with Crippen molar-refractivity contribution in [2.24, 2.45) is 10.9 Å². The molecule has 0 aliphatic heterocycles. The number of oxime groups is 1.